The Balaban J connectivity index is 2.25. The number of hydrogen-bond acceptors (Lipinski definition) is 6. The summed E-state index contributed by atoms with van der Waals surface area (Å²) in [5, 5.41) is 13.6. The average Bonchev–Trinajstić information content (AvgIpc) is 2.84. The zero-order chi connectivity index (χ0) is 13.0. The lowest BCUT2D eigenvalue weighted by Gasteiger charge is -2.10. The molecule has 1 aromatic heterocycles. The van der Waals surface area contributed by atoms with Crippen molar-refractivity contribution in [1.82, 2.24) is 14.8 Å². The highest BCUT2D eigenvalue weighted by Gasteiger charge is 2.13. The largest absolute Gasteiger partial charge is 0.385 e. The molecule has 1 amide bonds. The molecule has 0 saturated carbocycles. The van der Waals surface area contributed by atoms with Crippen molar-refractivity contribution in [3.05, 3.63) is 28.8 Å². The molecule has 1 heterocycles. The first-order chi connectivity index (χ1) is 8.70. The van der Waals surface area contributed by atoms with Crippen LogP contribution >= 0.6 is 23.1 Å². The maximum Gasteiger partial charge on any atom is 0.259 e. The maximum atomic E-state index is 12.1. The van der Waals surface area contributed by atoms with E-state index in [9.17, 15) is 4.79 Å². The van der Waals surface area contributed by atoms with Gasteiger partial charge in [-0.25, -0.2) is 0 Å². The fourth-order valence-corrected chi connectivity index (χ4v) is 1.93. The van der Waals surface area contributed by atoms with Crippen LogP contribution in [0.2, 0.25) is 5.02 Å². The van der Waals surface area contributed by atoms with Crippen molar-refractivity contribution < 1.29 is 4.79 Å². The van der Waals surface area contributed by atoms with Gasteiger partial charge in [-0.15, -0.1) is 0 Å². The number of aromatic nitrogens is 3. The van der Waals surface area contributed by atoms with Gasteiger partial charge in [-0.2, -0.15) is 0 Å². The van der Waals surface area contributed by atoms with E-state index in [1.807, 2.05) is 6.92 Å². The molecule has 0 bridgehead atoms. The van der Waals surface area contributed by atoms with Crippen LogP contribution in [0, 0.1) is 0 Å². The molecular weight excluding hydrogens is 274 g/mol. The number of carbonyl (C=O) groups excluding carboxylic acids is 1. The minimum atomic E-state index is -0.299. The third-order valence-electron chi connectivity index (χ3n) is 2.11. The summed E-state index contributed by atoms with van der Waals surface area (Å²) in [5.74, 6) is -0.299. The normalized spacial score (nSPS) is 10.1. The first-order valence-electron chi connectivity index (χ1n) is 5.20. The number of amides is 1. The van der Waals surface area contributed by atoms with E-state index >= 15 is 0 Å². The lowest BCUT2D eigenvalue weighted by molar-refractivity contribution is 0.102. The second-order valence-electron chi connectivity index (χ2n) is 3.34. The van der Waals surface area contributed by atoms with Crippen molar-refractivity contribution in [2.75, 3.05) is 17.2 Å². The molecule has 6 nitrogen and oxygen atoms in total. The smallest absolute Gasteiger partial charge is 0.259 e. The summed E-state index contributed by atoms with van der Waals surface area (Å²) in [7, 11) is 0. The zero-order valence-corrected chi connectivity index (χ0v) is 11.0. The number of halogens is 1. The van der Waals surface area contributed by atoms with Gasteiger partial charge in [-0.1, -0.05) is 21.2 Å². The van der Waals surface area contributed by atoms with Gasteiger partial charge in [-0.05, 0) is 30.3 Å². The van der Waals surface area contributed by atoms with Crippen molar-refractivity contribution in [2.45, 2.75) is 6.92 Å². The molecule has 0 fully saturated rings. The summed E-state index contributed by atoms with van der Waals surface area (Å²) in [6.45, 7) is 2.66. The van der Waals surface area contributed by atoms with E-state index in [1.165, 1.54) is 0 Å². The SMILES string of the molecule is CCNc1ccc(Cl)cc1C(=O)Nc1nnns1. The number of rotatable bonds is 4. The van der Waals surface area contributed by atoms with Crippen molar-refractivity contribution in [2.24, 2.45) is 0 Å². The predicted molar refractivity (Wildman–Crippen MR) is 71.3 cm³/mol. The van der Waals surface area contributed by atoms with E-state index in [1.54, 1.807) is 18.2 Å². The minimum Gasteiger partial charge on any atom is -0.385 e. The number of anilines is 2. The van der Waals surface area contributed by atoms with Crippen LogP contribution in [0.1, 0.15) is 17.3 Å². The number of benzene rings is 1. The van der Waals surface area contributed by atoms with E-state index in [0.29, 0.717) is 22.3 Å². The molecule has 1 aromatic carbocycles. The van der Waals surface area contributed by atoms with E-state index in [2.05, 4.69) is 25.4 Å². The van der Waals surface area contributed by atoms with E-state index in [0.717, 1.165) is 17.2 Å². The molecule has 0 spiro atoms. The van der Waals surface area contributed by atoms with E-state index < -0.39 is 0 Å². The predicted octanol–water partition coefficient (Wildman–Crippen LogP) is 2.27. The van der Waals surface area contributed by atoms with Gasteiger partial charge in [0.15, 0.2) is 0 Å². The Morgan fingerprint density at radius 1 is 1.50 bits per heavy atom. The summed E-state index contributed by atoms with van der Waals surface area (Å²) in [5.41, 5.74) is 1.18. The van der Waals surface area contributed by atoms with Gasteiger partial charge in [0, 0.05) is 28.8 Å². The fraction of sp³-hybridized carbons (Fsp3) is 0.200. The van der Waals surface area contributed by atoms with Gasteiger partial charge in [0.25, 0.3) is 5.91 Å². The Bertz CT molecular complexity index is 545. The Morgan fingerprint density at radius 3 is 3.00 bits per heavy atom. The van der Waals surface area contributed by atoms with Crippen molar-refractivity contribution in [1.29, 1.82) is 0 Å². The quantitative estimate of drug-likeness (QED) is 0.900. The van der Waals surface area contributed by atoms with Crippen molar-refractivity contribution in [3.63, 3.8) is 0 Å². The summed E-state index contributed by atoms with van der Waals surface area (Å²) in [6.07, 6.45) is 0. The first kappa shape index (κ1) is 12.7. The molecule has 2 N–H and O–H groups in total. The van der Waals surface area contributed by atoms with E-state index in [4.69, 9.17) is 11.6 Å². The Labute approximate surface area is 113 Å². The lowest BCUT2D eigenvalue weighted by Crippen LogP contribution is -2.14. The van der Waals surface area contributed by atoms with Crippen LogP contribution in [-0.4, -0.2) is 27.3 Å². The number of carbonyl (C=O) groups is 1. The molecule has 0 atom stereocenters. The second-order valence-corrected chi connectivity index (χ2v) is 4.51. The number of nitrogens with one attached hydrogen (secondary N) is 2. The Kier molecular flexibility index (Phi) is 4.06. The molecule has 8 heteroatoms. The van der Waals surface area contributed by atoms with Crippen molar-refractivity contribution in [3.8, 4) is 0 Å². The molecule has 0 saturated heterocycles. The zero-order valence-electron chi connectivity index (χ0n) is 9.48. The third-order valence-corrected chi connectivity index (χ3v) is 2.86. The lowest BCUT2D eigenvalue weighted by atomic mass is 10.1. The molecule has 2 rings (SSSR count). The van der Waals surface area contributed by atoms with Gasteiger partial charge in [0.05, 0.1) is 5.56 Å². The van der Waals surface area contributed by atoms with Crippen LogP contribution in [0.5, 0.6) is 0 Å². The van der Waals surface area contributed by atoms with Crippen molar-refractivity contribution >= 4 is 39.9 Å². The van der Waals surface area contributed by atoms with Gasteiger partial charge in [0.1, 0.15) is 0 Å². The summed E-state index contributed by atoms with van der Waals surface area (Å²) < 4.78 is 3.57. The molecule has 0 aliphatic heterocycles. The standard InChI is InChI=1S/C10H10ClN5OS/c1-2-12-8-4-3-6(11)5-7(8)9(17)13-10-14-15-16-18-10/h3-5,12H,2H2,1H3,(H,13,14,16,17). The fourth-order valence-electron chi connectivity index (χ4n) is 1.40. The van der Waals surface area contributed by atoms with E-state index in [-0.39, 0.29) is 5.91 Å². The number of nitrogens with zero attached hydrogens (tertiary/aromatic N) is 3. The summed E-state index contributed by atoms with van der Waals surface area (Å²) in [4.78, 5) is 12.1. The molecule has 2 aromatic rings. The summed E-state index contributed by atoms with van der Waals surface area (Å²) in [6, 6.07) is 5.09. The van der Waals surface area contributed by atoms with Gasteiger partial charge in [-0.3, -0.25) is 10.1 Å². The maximum absolute atomic E-state index is 12.1. The minimum absolute atomic E-state index is 0.299. The molecule has 0 aliphatic carbocycles. The van der Waals surface area contributed by atoms with Crippen LogP contribution in [0.15, 0.2) is 18.2 Å². The molecule has 94 valence electrons. The van der Waals surface area contributed by atoms with Crippen LogP contribution in [0.25, 0.3) is 0 Å². The summed E-state index contributed by atoms with van der Waals surface area (Å²) >= 11 is 6.91. The highest BCUT2D eigenvalue weighted by Crippen LogP contribution is 2.22. The highest BCUT2D eigenvalue weighted by atomic mass is 35.5. The topological polar surface area (TPSA) is 79.8 Å². The van der Waals surface area contributed by atoms with Crippen LogP contribution < -0.4 is 10.6 Å². The van der Waals surface area contributed by atoms with Gasteiger partial charge < -0.3 is 5.32 Å². The molecular formula is C10H10ClN5OS. The van der Waals surface area contributed by atoms with Crippen LogP contribution in [-0.2, 0) is 0 Å². The monoisotopic (exact) mass is 283 g/mol. The van der Waals surface area contributed by atoms with Crippen LogP contribution in [0.3, 0.4) is 0 Å². The molecule has 0 unspecified atom stereocenters. The first-order valence-corrected chi connectivity index (χ1v) is 6.35. The molecule has 0 aliphatic rings. The second kappa shape index (κ2) is 5.74. The average molecular weight is 284 g/mol. The van der Waals surface area contributed by atoms with Gasteiger partial charge in [0.2, 0.25) is 5.13 Å². The van der Waals surface area contributed by atoms with Crippen LogP contribution in [0.4, 0.5) is 10.8 Å². The van der Waals surface area contributed by atoms with Gasteiger partial charge >= 0.3 is 0 Å². The third kappa shape index (κ3) is 2.93. The number of hydrogen-bond donors (Lipinski definition) is 2. The molecule has 0 radical (unpaired) electrons. The molecule has 18 heavy (non-hydrogen) atoms. The highest BCUT2D eigenvalue weighted by molar-refractivity contribution is 7.09. The Hall–Kier alpha value is -1.73. The Morgan fingerprint density at radius 2 is 2.33 bits per heavy atom.